The first-order valence-electron chi connectivity index (χ1n) is 8.25. The van der Waals surface area contributed by atoms with Gasteiger partial charge < -0.3 is 10.1 Å². The largest absolute Gasteiger partial charge is 0.493 e. The third-order valence-electron chi connectivity index (χ3n) is 4.61. The van der Waals surface area contributed by atoms with Crippen molar-refractivity contribution in [3.63, 3.8) is 0 Å². The first-order valence-corrected chi connectivity index (χ1v) is 8.25. The zero-order valence-electron chi connectivity index (χ0n) is 13.1. The molecule has 2 aliphatic heterocycles. The second kappa shape index (κ2) is 7.09. The summed E-state index contributed by atoms with van der Waals surface area (Å²) in [6, 6.07) is 8.25. The monoisotopic (exact) mass is 328 g/mol. The molecule has 0 unspecified atom stereocenters. The molecule has 0 aliphatic carbocycles. The number of likely N-dealkylation sites (tertiary alicyclic amines) is 1. The summed E-state index contributed by atoms with van der Waals surface area (Å²) in [6.07, 6.45) is -1.29. The van der Waals surface area contributed by atoms with Crippen molar-refractivity contribution in [1.29, 1.82) is 0 Å². The highest BCUT2D eigenvalue weighted by Crippen LogP contribution is 2.31. The van der Waals surface area contributed by atoms with E-state index >= 15 is 0 Å². The van der Waals surface area contributed by atoms with E-state index in [0.717, 1.165) is 43.7 Å². The Labute approximate surface area is 134 Å². The molecule has 0 aromatic heterocycles. The molecule has 0 saturated carbocycles. The van der Waals surface area contributed by atoms with Gasteiger partial charge in [0, 0.05) is 18.2 Å². The minimum atomic E-state index is -4.10. The van der Waals surface area contributed by atoms with Gasteiger partial charge >= 0.3 is 6.18 Å². The zero-order valence-corrected chi connectivity index (χ0v) is 13.1. The summed E-state index contributed by atoms with van der Waals surface area (Å²) in [6.45, 7) is 1.75. The predicted octanol–water partition coefficient (Wildman–Crippen LogP) is 3.37. The smallest absolute Gasteiger partial charge is 0.401 e. The average Bonchev–Trinajstić information content (AvgIpc) is 2.81. The van der Waals surface area contributed by atoms with Crippen LogP contribution in [0.4, 0.5) is 13.2 Å². The zero-order chi connectivity index (χ0) is 16.3. The molecular formula is C17H23F3N2O. The molecule has 1 aromatic rings. The Morgan fingerprint density at radius 2 is 2.04 bits per heavy atom. The Kier molecular flexibility index (Phi) is 5.11. The van der Waals surface area contributed by atoms with Gasteiger partial charge in [0.25, 0.3) is 0 Å². The van der Waals surface area contributed by atoms with Crippen LogP contribution in [-0.2, 0) is 0 Å². The number of nitrogens with one attached hydrogen (secondary N) is 1. The van der Waals surface area contributed by atoms with Crippen LogP contribution in [0.3, 0.4) is 0 Å². The van der Waals surface area contributed by atoms with Crippen LogP contribution in [0.15, 0.2) is 24.3 Å². The fraction of sp³-hybridized carbons (Fsp3) is 0.647. The summed E-state index contributed by atoms with van der Waals surface area (Å²) in [7, 11) is 0. The molecule has 1 N–H and O–H groups in total. The van der Waals surface area contributed by atoms with Crippen LogP contribution in [0.1, 0.15) is 30.9 Å². The fourth-order valence-corrected chi connectivity index (χ4v) is 3.52. The number of hydrogen-bond acceptors (Lipinski definition) is 3. The molecule has 3 rings (SSSR count). The van der Waals surface area contributed by atoms with Crippen molar-refractivity contribution < 1.29 is 17.9 Å². The lowest BCUT2D eigenvalue weighted by Crippen LogP contribution is -2.34. The number of para-hydroxylation sites is 1. The third kappa shape index (κ3) is 4.61. The molecule has 6 heteroatoms. The summed E-state index contributed by atoms with van der Waals surface area (Å²) in [5, 5.41) is 3.56. The van der Waals surface area contributed by atoms with Crippen LogP contribution in [0.2, 0.25) is 0 Å². The van der Waals surface area contributed by atoms with E-state index in [4.69, 9.17) is 4.74 Å². The number of alkyl halides is 3. The number of rotatable bonds is 4. The first kappa shape index (κ1) is 16.6. The number of benzene rings is 1. The minimum absolute atomic E-state index is 0.227. The van der Waals surface area contributed by atoms with Gasteiger partial charge in [-0.05, 0) is 44.3 Å². The van der Waals surface area contributed by atoms with E-state index < -0.39 is 12.7 Å². The molecule has 23 heavy (non-hydrogen) atoms. The van der Waals surface area contributed by atoms with Crippen LogP contribution in [0.25, 0.3) is 0 Å². The Hall–Kier alpha value is -1.27. The second-order valence-electron chi connectivity index (χ2n) is 6.49. The summed E-state index contributed by atoms with van der Waals surface area (Å²) in [5.41, 5.74) is 1.16. The van der Waals surface area contributed by atoms with Crippen molar-refractivity contribution in [1.82, 2.24) is 10.2 Å². The van der Waals surface area contributed by atoms with Gasteiger partial charge in [-0.25, -0.2) is 0 Å². The maximum atomic E-state index is 12.5. The maximum absolute atomic E-state index is 12.5. The van der Waals surface area contributed by atoms with Crippen LogP contribution >= 0.6 is 0 Å². The normalized spacial score (nSPS) is 25.7. The molecular weight excluding hydrogens is 305 g/mol. The number of nitrogens with zero attached hydrogens (tertiary/aromatic N) is 1. The van der Waals surface area contributed by atoms with E-state index in [1.165, 1.54) is 4.90 Å². The average molecular weight is 328 g/mol. The van der Waals surface area contributed by atoms with Crippen molar-refractivity contribution in [2.45, 2.75) is 31.5 Å². The van der Waals surface area contributed by atoms with Crippen LogP contribution in [0.5, 0.6) is 5.75 Å². The van der Waals surface area contributed by atoms with Gasteiger partial charge in [0.05, 0.1) is 13.2 Å². The first-order chi connectivity index (χ1) is 11.0. The molecule has 1 aromatic carbocycles. The molecule has 2 aliphatic rings. The molecule has 2 heterocycles. The molecule has 2 atom stereocenters. The quantitative estimate of drug-likeness (QED) is 0.917. The van der Waals surface area contributed by atoms with Gasteiger partial charge in [-0.2, -0.15) is 13.2 Å². The van der Waals surface area contributed by atoms with Crippen molar-refractivity contribution in [2.75, 3.05) is 32.8 Å². The highest BCUT2D eigenvalue weighted by molar-refractivity contribution is 5.36. The summed E-state index contributed by atoms with van der Waals surface area (Å²) < 4.78 is 43.1. The van der Waals surface area contributed by atoms with Gasteiger partial charge in [-0.15, -0.1) is 0 Å². The number of ether oxygens (including phenoxy) is 1. The Morgan fingerprint density at radius 1 is 1.22 bits per heavy atom. The Balaban J connectivity index is 1.53. The van der Waals surface area contributed by atoms with E-state index in [-0.39, 0.29) is 12.0 Å². The molecule has 0 radical (unpaired) electrons. The van der Waals surface area contributed by atoms with Gasteiger partial charge in [-0.3, -0.25) is 4.90 Å². The fourth-order valence-electron chi connectivity index (χ4n) is 3.52. The second-order valence-corrected chi connectivity index (χ2v) is 6.49. The highest BCUT2D eigenvalue weighted by Gasteiger charge is 2.34. The van der Waals surface area contributed by atoms with Gasteiger partial charge in [0.2, 0.25) is 0 Å². The summed E-state index contributed by atoms with van der Waals surface area (Å²) in [5.74, 6) is 1.21. The molecule has 1 fully saturated rings. The van der Waals surface area contributed by atoms with Gasteiger partial charge in [0.15, 0.2) is 0 Å². The molecule has 3 nitrogen and oxygen atoms in total. The number of hydrogen-bond donors (Lipinski definition) is 1. The molecule has 0 spiro atoms. The van der Waals surface area contributed by atoms with Gasteiger partial charge in [0.1, 0.15) is 5.75 Å². The van der Waals surface area contributed by atoms with Crippen molar-refractivity contribution >= 4 is 0 Å². The Morgan fingerprint density at radius 3 is 2.87 bits per heavy atom. The summed E-state index contributed by atoms with van der Waals surface area (Å²) in [4.78, 5) is 1.51. The van der Waals surface area contributed by atoms with E-state index in [9.17, 15) is 13.2 Å². The molecule has 1 saturated heterocycles. The standard InChI is InChI=1S/C17H23F3N2O/c18-17(19,20)12-22-8-7-13(11-22)10-21-15-5-3-9-23-16-6-2-1-4-14(15)16/h1-2,4,6,13,15,21H,3,5,7-12H2/t13-,15+/m0/s1. The lowest BCUT2D eigenvalue weighted by molar-refractivity contribution is -0.143. The highest BCUT2D eigenvalue weighted by atomic mass is 19.4. The van der Waals surface area contributed by atoms with Crippen LogP contribution in [0, 0.1) is 5.92 Å². The van der Waals surface area contributed by atoms with Gasteiger partial charge in [-0.1, -0.05) is 18.2 Å². The van der Waals surface area contributed by atoms with Crippen molar-refractivity contribution in [2.24, 2.45) is 5.92 Å². The van der Waals surface area contributed by atoms with E-state index in [1.807, 2.05) is 18.2 Å². The molecule has 128 valence electrons. The molecule has 0 amide bonds. The van der Waals surface area contributed by atoms with E-state index in [0.29, 0.717) is 13.1 Å². The van der Waals surface area contributed by atoms with E-state index in [1.54, 1.807) is 0 Å². The summed E-state index contributed by atoms with van der Waals surface area (Å²) >= 11 is 0. The van der Waals surface area contributed by atoms with Crippen molar-refractivity contribution in [3.05, 3.63) is 29.8 Å². The lowest BCUT2D eigenvalue weighted by Gasteiger charge is -2.21. The third-order valence-corrected chi connectivity index (χ3v) is 4.61. The number of halogens is 3. The lowest BCUT2D eigenvalue weighted by atomic mass is 10.0. The predicted molar refractivity (Wildman–Crippen MR) is 82.5 cm³/mol. The minimum Gasteiger partial charge on any atom is -0.493 e. The maximum Gasteiger partial charge on any atom is 0.401 e. The molecule has 0 bridgehead atoms. The topological polar surface area (TPSA) is 24.5 Å². The van der Waals surface area contributed by atoms with Crippen molar-refractivity contribution in [3.8, 4) is 5.75 Å². The van der Waals surface area contributed by atoms with Crippen LogP contribution < -0.4 is 10.1 Å². The Bertz CT molecular complexity index is 521. The number of fused-ring (bicyclic) bond motifs is 1. The van der Waals surface area contributed by atoms with E-state index in [2.05, 4.69) is 11.4 Å². The van der Waals surface area contributed by atoms with Crippen LogP contribution in [-0.4, -0.2) is 43.9 Å². The SMILES string of the molecule is FC(F)(F)CN1CC[C@@H](CN[C@@H]2CCCOc3ccccc32)C1.